The Morgan fingerprint density at radius 3 is 2.79 bits per heavy atom. The third kappa shape index (κ3) is 3.05. The molecule has 1 aliphatic rings. The quantitative estimate of drug-likeness (QED) is 0.777. The van der Waals surface area contributed by atoms with Crippen LogP contribution < -0.4 is 5.32 Å². The molecule has 98 valence electrons. The second-order valence-corrected chi connectivity index (χ2v) is 5.43. The summed E-state index contributed by atoms with van der Waals surface area (Å²) in [5.74, 6) is 0. The van der Waals surface area contributed by atoms with Gasteiger partial charge in [-0.3, -0.25) is 0 Å². The van der Waals surface area contributed by atoms with Gasteiger partial charge in [0, 0.05) is 6.04 Å². The van der Waals surface area contributed by atoms with Crippen molar-refractivity contribution in [1.82, 2.24) is 5.32 Å². The molecule has 1 nitrogen and oxygen atoms in total. The van der Waals surface area contributed by atoms with Crippen LogP contribution in [0.15, 0.2) is 48.5 Å². The molecule has 1 aliphatic carbocycles. The summed E-state index contributed by atoms with van der Waals surface area (Å²) >= 11 is 0. The highest BCUT2D eigenvalue weighted by atomic mass is 14.9. The van der Waals surface area contributed by atoms with Crippen molar-refractivity contribution in [2.45, 2.75) is 32.2 Å². The first-order chi connectivity index (χ1) is 9.34. The predicted molar refractivity (Wildman–Crippen MR) is 83.2 cm³/mol. The Hall–Kier alpha value is -1.60. The molecule has 0 spiro atoms. The molecule has 0 aromatic heterocycles. The maximum atomic E-state index is 3.56. The normalized spacial score (nSPS) is 15.9. The fourth-order valence-electron chi connectivity index (χ4n) is 2.54. The molecule has 1 saturated carbocycles. The summed E-state index contributed by atoms with van der Waals surface area (Å²) in [4.78, 5) is 0. The third-order valence-electron chi connectivity index (χ3n) is 3.82. The van der Waals surface area contributed by atoms with E-state index in [4.69, 9.17) is 0 Å². The van der Waals surface area contributed by atoms with Gasteiger partial charge in [0.15, 0.2) is 0 Å². The smallest absolute Gasteiger partial charge is 0.00683 e. The van der Waals surface area contributed by atoms with Crippen molar-refractivity contribution in [3.63, 3.8) is 0 Å². The minimum atomic E-state index is 0.811. The lowest BCUT2D eigenvalue weighted by Gasteiger charge is -2.07. The molecule has 2 aromatic rings. The van der Waals surface area contributed by atoms with Crippen LogP contribution in [-0.4, -0.2) is 12.6 Å². The average Bonchev–Trinajstić information content (AvgIpc) is 3.27. The molecule has 19 heavy (non-hydrogen) atoms. The largest absolute Gasteiger partial charge is 0.314 e. The van der Waals surface area contributed by atoms with Crippen molar-refractivity contribution in [3.05, 3.63) is 54.1 Å². The van der Waals surface area contributed by atoms with E-state index in [2.05, 4.69) is 60.8 Å². The molecule has 3 rings (SSSR count). The lowest BCUT2D eigenvalue weighted by atomic mass is 9.98. The van der Waals surface area contributed by atoms with Crippen LogP contribution in [0.3, 0.4) is 0 Å². The fraction of sp³-hybridized carbons (Fsp3) is 0.333. The zero-order chi connectivity index (χ0) is 13.1. The Bertz CT molecular complexity index is 588. The van der Waals surface area contributed by atoms with Crippen molar-refractivity contribution in [3.8, 4) is 0 Å². The van der Waals surface area contributed by atoms with Gasteiger partial charge in [-0.05, 0) is 54.6 Å². The predicted octanol–water partition coefficient (Wildman–Crippen LogP) is 4.39. The summed E-state index contributed by atoms with van der Waals surface area (Å²) in [5.41, 5.74) is 2.75. The molecule has 0 amide bonds. The first-order valence-electron chi connectivity index (χ1n) is 7.23. The van der Waals surface area contributed by atoms with Gasteiger partial charge < -0.3 is 5.32 Å². The number of benzene rings is 2. The van der Waals surface area contributed by atoms with Crippen LogP contribution in [0.1, 0.15) is 31.7 Å². The molecule has 0 unspecified atom stereocenters. The van der Waals surface area contributed by atoms with Crippen LogP contribution in [0.25, 0.3) is 16.3 Å². The fourth-order valence-corrected chi connectivity index (χ4v) is 2.54. The summed E-state index contributed by atoms with van der Waals surface area (Å²) < 4.78 is 0. The number of hydrogen-bond donors (Lipinski definition) is 1. The molecule has 0 saturated heterocycles. The van der Waals surface area contributed by atoms with Crippen LogP contribution in [0.5, 0.6) is 0 Å². The standard InChI is InChI=1S/C18H21N/c1-14(6-5-13-19-16-11-12-16)17-10-4-8-15-7-2-3-9-18(15)17/h2-4,6-10,16,19H,5,11-13H2,1H3. The Morgan fingerprint density at radius 2 is 1.95 bits per heavy atom. The molecule has 2 aromatic carbocycles. The molecule has 1 N–H and O–H groups in total. The van der Waals surface area contributed by atoms with Gasteiger partial charge in [0.1, 0.15) is 0 Å². The van der Waals surface area contributed by atoms with E-state index in [0.717, 1.165) is 19.0 Å². The number of rotatable bonds is 5. The Labute approximate surface area is 115 Å². The summed E-state index contributed by atoms with van der Waals surface area (Å²) in [7, 11) is 0. The summed E-state index contributed by atoms with van der Waals surface area (Å²) in [6.45, 7) is 3.33. The number of hydrogen-bond acceptors (Lipinski definition) is 1. The lowest BCUT2D eigenvalue weighted by Crippen LogP contribution is -2.16. The highest BCUT2D eigenvalue weighted by molar-refractivity contribution is 5.93. The van der Waals surface area contributed by atoms with E-state index in [0.29, 0.717) is 0 Å². The van der Waals surface area contributed by atoms with Crippen molar-refractivity contribution in [2.24, 2.45) is 0 Å². The van der Waals surface area contributed by atoms with Gasteiger partial charge in [0.05, 0.1) is 0 Å². The van der Waals surface area contributed by atoms with Crippen molar-refractivity contribution < 1.29 is 0 Å². The van der Waals surface area contributed by atoms with Crippen molar-refractivity contribution in [1.29, 1.82) is 0 Å². The monoisotopic (exact) mass is 251 g/mol. The third-order valence-corrected chi connectivity index (χ3v) is 3.82. The van der Waals surface area contributed by atoms with Crippen molar-refractivity contribution in [2.75, 3.05) is 6.54 Å². The van der Waals surface area contributed by atoms with Crippen molar-refractivity contribution >= 4 is 16.3 Å². The van der Waals surface area contributed by atoms with Crippen LogP contribution in [0, 0.1) is 0 Å². The molecule has 0 bridgehead atoms. The number of nitrogens with one attached hydrogen (secondary N) is 1. The molecule has 0 heterocycles. The van der Waals surface area contributed by atoms with Gasteiger partial charge in [-0.25, -0.2) is 0 Å². The van der Waals surface area contributed by atoms with E-state index < -0.39 is 0 Å². The van der Waals surface area contributed by atoms with Gasteiger partial charge in [0.2, 0.25) is 0 Å². The van der Waals surface area contributed by atoms with Gasteiger partial charge in [-0.1, -0.05) is 48.5 Å². The van der Waals surface area contributed by atoms with E-state index >= 15 is 0 Å². The Balaban J connectivity index is 1.76. The summed E-state index contributed by atoms with van der Waals surface area (Å²) in [5, 5.41) is 6.23. The zero-order valence-electron chi connectivity index (χ0n) is 11.5. The van der Waals surface area contributed by atoms with Gasteiger partial charge >= 0.3 is 0 Å². The minimum Gasteiger partial charge on any atom is -0.314 e. The van der Waals surface area contributed by atoms with Gasteiger partial charge in [-0.15, -0.1) is 0 Å². The van der Waals surface area contributed by atoms with E-state index in [1.807, 2.05) is 0 Å². The molecular formula is C18H21N. The van der Waals surface area contributed by atoms with Crippen LogP contribution >= 0.6 is 0 Å². The summed E-state index contributed by atoms with van der Waals surface area (Å²) in [6, 6.07) is 16.0. The van der Waals surface area contributed by atoms with Gasteiger partial charge in [0.25, 0.3) is 0 Å². The molecule has 0 radical (unpaired) electrons. The minimum absolute atomic E-state index is 0.811. The maximum Gasteiger partial charge on any atom is 0.00683 e. The molecule has 1 heteroatoms. The van der Waals surface area contributed by atoms with E-state index in [1.54, 1.807) is 0 Å². The SMILES string of the molecule is CC(=CCCNC1CC1)c1cccc2ccccc12. The lowest BCUT2D eigenvalue weighted by molar-refractivity contribution is 0.690. The Morgan fingerprint density at radius 1 is 1.16 bits per heavy atom. The average molecular weight is 251 g/mol. The molecule has 1 fully saturated rings. The highest BCUT2D eigenvalue weighted by Gasteiger charge is 2.19. The maximum absolute atomic E-state index is 3.56. The number of allylic oxidation sites excluding steroid dienone is 1. The highest BCUT2D eigenvalue weighted by Crippen LogP contribution is 2.25. The molecule has 0 aliphatic heterocycles. The van der Waals surface area contributed by atoms with Gasteiger partial charge in [-0.2, -0.15) is 0 Å². The Kier molecular flexibility index (Phi) is 3.65. The number of fused-ring (bicyclic) bond motifs is 1. The first kappa shape index (κ1) is 12.4. The topological polar surface area (TPSA) is 12.0 Å². The first-order valence-corrected chi connectivity index (χ1v) is 7.23. The summed E-state index contributed by atoms with van der Waals surface area (Å²) in [6.07, 6.45) is 6.21. The molecular weight excluding hydrogens is 230 g/mol. The van der Waals surface area contributed by atoms with Crippen LogP contribution in [-0.2, 0) is 0 Å². The van der Waals surface area contributed by atoms with Crippen LogP contribution in [0.4, 0.5) is 0 Å². The second-order valence-electron chi connectivity index (χ2n) is 5.43. The van der Waals surface area contributed by atoms with E-state index in [1.165, 1.54) is 34.8 Å². The second kappa shape index (κ2) is 5.58. The van der Waals surface area contributed by atoms with E-state index in [9.17, 15) is 0 Å². The van der Waals surface area contributed by atoms with E-state index in [-0.39, 0.29) is 0 Å². The zero-order valence-corrected chi connectivity index (χ0v) is 11.5. The molecule has 0 atom stereocenters. The van der Waals surface area contributed by atoms with Crippen LogP contribution in [0.2, 0.25) is 0 Å².